The van der Waals surface area contributed by atoms with Crippen LogP contribution in [0.15, 0.2) is 24.5 Å². The van der Waals surface area contributed by atoms with Crippen molar-refractivity contribution in [3.8, 4) is 5.75 Å². The molecule has 0 saturated heterocycles. The van der Waals surface area contributed by atoms with Crippen LogP contribution in [-0.2, 0) is 5.33 Å². The Morgan fingerprint density at radius 1 is 1.58 bits per heavy atom. The number of imidazole rings is 1. The molecule has 1 N–H and O–H groups in total. The summed E-state index contributed by atoms with van der Waals surface area (Å²) in [7, 11) is 0. The summed E-state index contributed by atoms with van der Waals surface area (Å²) in [6, 6.07) is 3.41. The number of hydrogen-bond donors (Lipinski definition) is 1. The lowest BCUT2D eigenvalue weighted by atomic mass is 10.4. The maximum absolute atomic E-state index is 9.38. The zero-order valence-electron chi connectivity index (χ0n) is 6.24. The molecule has 3 nitrogen and oxygen atoms in total. The van der Waals surface area contributed by atoms with Gasteiger partial charge < -0.3 is 9.51 Å². The number of halogens is 1. The molecule has 2 rings (SSSR count). The number of hydrogen-bond acceptors (Lipinski definition) is 2. The molecule has 0 amide bonds. The SMILES string of the molecule is Oc1cccn2cc(CBr)nc12. The molecule has 0 aliphatic carbocycles. The average molecular weight is 227 g/mol. The Bertz CT molecular complexity index is 410. The van der Waals surface area contributed by atoms with E-state index in [1.807, 2.05) is 12.4 Å². The van der Waals surface area contributed by atoms with E-state index in [1.165, 1.54) is 0 Å². The quantitative estimate of drug-likeness (QED) is 0.756. The third-order valence-electron chi connectivity index (χ3n) is 1.65. The fourth-order valence-corrected chi connectivity index (χ4v) is 1.38. The van der Waals surface area contributed by atoms with Crippen molar-refractivity contribution in [3.05, 3.63) is 30.2 Å². The van der Waals surface area contributed by atoms with Crippen molar-refractivity contribution in [3.63, 3.8) is 0 Å². The van der Waals surface area contributed by atoms with E-state index in [0.717, 1.165) is 5.69 Å². The molecule has 0 bridgehead atoms. The van der Waals surface area contributed by atoms with Crippen LogP contribution in [0.4, 0.5) is 0 Å². The van der Waals surface area contributed by atoms with Crippen molar-refractivity contribution in [1.29, 1.82) is 0 Å². The predicted molar refractivity (Wildman–Crippen MR) is 49.5 cm³/mol. The highest BCUT2D eigenvalue weighted by molar-refractivity contribution is 9.08. The van der Waals surface area contributed by atoms with Gasteiger partial charge in [-0.05, 0) is 12.1 Å². The summed E-state index contributed by atoms with van der Waals surface area (Å²) in [6.07, 6.45) is 3.73. The van der Waals surface area contributed by atoms with Crippen LogP contribution in [0.2, 0.25) is 0 Å². The highest BCUT2D eigenvalue weighted by Crippen LogP contribution is 2.17. The lowest BCUT2D eigenvalue weighted by Gasteiger charge is -1.92. The molecular formula is C8H7BrN2O. The molecule has 0 atom stereocenters. The maximum atomic E-state index is 9.38. The number of aromatic hydroxyl groups is 1. The molecule has 62 valence electrons. The first-order valence-electron chi connectivity index (χ1n) is 3.53. The fraction of sp³-hybridized carbons (Fsp3) is 0.125. The Labute approximate surface area is 77.8 Å². The molecule has 12 heavy (non-hydrogen) atoms. The van der Waals surface area contributed by atoms with E-state index >= 15 is 0 Å². The van der Waals surface area contributed by atoms with Crippen molar-refractivity contribution in [2.24, 2.45) is 0 Å². The van der Waals surface area contributed by atoms with Gasteiger partial charge in [0.05, 0.1) is 5.69 Å². The third-order valence-corrected chi connectivity index (χ3v) is 2.22. The molecule has 0 aliphatic heterocycles. The molecule has 0 radical (unpaired) electrons. The fourth-order valence-electron chi connectivity index (χ4n) is 1.11. The van der Waals surface area contributed by atoms with Crippen molar-refractivity contribution < 1.29 is 5.11 Å². The number of pyridine rings is 1. The first-order chi connectivity index (χ1) is 5.81. The molecule has 2 aromatic heterocycles. The summed E-state index contributed by atoms with van der Waals surface area (Å²) in [4.78, 5) is 4.20. The second-order valence-corrected chi connectivity index (χ2v) is 3.05. The minimum Gasteiger partial charge on any atom is -0.504 e. The molecular weight excluding hydrogens is 220 g/mol. The van der Waals surface area contributed by atoms with Gasteiger partial charge in [-0.25, -0.2) is 4.98 Å². The Morgan fingerprint density at radius 3 is 3.08 bits per heavy atom. The van der Waals surface area contributed by atoms with Gasteiger partial charge in [-0.3, -0.25) is 0 Å². The molecule has 0 aromatic carbocycles. The van der Waals surface area contributed by atoms with Crippen LogP contribution in [0.3, 0.4) is 0 Å². The van der Waals surface area contributed by atoms with E-state index in [1.54, 1.807) is 16.5 Å². The van der Waals surface area contributed by atoms with Crippen LogP contribution in [0.1, 0.15) is 5.69 Å². The minimum absolute atomic E-state index is 0.213. The Kier molecular flexibility index (Phi) is 1.77. The number of rotatable bonds is 1. The highest BCUT2D eigenvalue weighted by atomic mass is 79.9. The Balaban J connectivity index is 2.74. The lowest BCUT2D eigenvalue weighted by molar-refractivity contribution is 0.477. The van der Waals surface area contributed by atoms with Crippen LogP contribution in [0.5, 0.6) is 5.75 Å². The van der Waals surface area contributed by atoms with Crippen molar-refractivity contribution in [1.82, 2.24) is 9.38 Å². The van der Waals surface area contributed by atoms with Crippen molar-refractivity contribution in [2.75, 3.05) is 0 Å². The smallest absolute Gasteiger partial charge is 0.179 e. The van der Waals surface area contributed by atoms with Crippen LogP contribution in [0, 0.1) is 0 Å². The Hall–Kier alpha value is -1.03. The van der Waals surface area contributed by atoms with Gasteiger partial charge in [-0.2, -0.15) is 0 Å². The highest BCUT2D eigenvalue weighted by Gasteiger charge is 2.02. The van der Waals surface area contributed by atoms with Gasteiger partial charge in [0.2, 0.25) is 0 Å². The predicted octanol–water partition coefficient (Wildman–Crippen LogP) is 1.93. The first-order valence-corrected chi connectivity index (χ1v) is 4.65. The summed E-state index contributed by atoms with van der Waals surface area (Å²) in [5.41, 5.74) is 1.52. The summed E-state index contributed by atoms with van der Waals surface area (Å²) in [5.74, 6) is 0.213. The average Bonchev–Trinajstić information content (AvgIpc) is 2.49. The molecule has 0 fully saturated rings. The van der Waals surface area contributed by atoms with E-state index < -0.39 is 0 Å². The van der Waals surface area contributed by atoms with Crippen LogP contribution in [0.25, 0.3) is 5.65 Å². The standard InChI is InChI=1S/C8H7BrN2O/c9-4-6-5-11-3-1-2-7(12)8(11)10-6/h1-3,5,12H,4H2. The van der Waals surface area contributed by atoms with Crippen LogP contribution >= 0.6 is 15.9 Å². The zero-order valence-corrected chi connectivity index (χ0v) is 7.82. The maximum Gasteiger partial charge on any atom is 0.179 e. The molecule has 0 spiro atoms. The van der Waals surface area contributed by atoms with Crippen LogP contribution in [-0.4, -0.2) is 14.5 Å². The van der Waals surface area contributed by atoms with E-state index in [-0.39, 0.29) is 5.75 Å². The minimum atomic E-state index is 0.213. The van der Waals surface area contributed by atoms with Gasteiger partial charge in [0.15, 0.2) is 11.4 Å². The second kappa shape index (κ2) is 2.79. The van der Waals surface area contributed by atoms with Gasteiger partial charge in [-0.1, -0.05) is 15.9 Å². The van der Waals surface area contributed by atoms with Gasteiger partial charge in [-0.15, -0.1) is 0 Å². The monoisotopic (exact) mass is 226 g/mol. The normalized spacial score (nSPS) is 10.8. The first kappa shape index (κ1) is 7.61. The van der Waals surface area contributed by atoms with E-state index in [4.69, 9.17) is 0 Å². The van der Waals surface area contributed by atoms with Gasteiger partial charge in [0.1, 0.15) is 0 Å². The lowest BCUT2D eigenvalue weighted by Crippen LogP contribution is -1.80. The zero-order chi connectivity index (χ0) is 8.55. The van der Waals surface area contributed by atoms with Crippen molar-refractivity contribution >= 4 is 21.6 Å². The third kappa shape index (κ3) is 1.08. The van der Waals surface area contributed by atoms with Gasteiger partial charge in [0, 0.05) is 17.7 Å². The van der Waals surface area contributed by atoms with Gasteiger partial charge in [0.25, 0.3) is 0 Å². The van der Waals surface area contributed by atoms with E-state index in [0.29, 0.717) is 11.0 Å². The molecule has 0 aliphatic rings. The molecule has 2 heterocycles. The molecule has 0 saturated carbocycles. The summed E-state index contributed by atoms with van der Waals surface area (Å²) in [6.45, 7) is 0. The Morgan fingerprint density at radius 2 is 2.42 bits per heavy atom. The summed E-state index contributed by atoms with van der Waals surface area (Å²) in [5, 5.41) is 10.1. The topological polar surface area (TPSA) is 37.5 Å². The molecule has 2 aromatic rings. The number of nitrogens with zero attached hydrogens (tertiary/aromatic N) is 2. The summed E-state index contributed by atoms with van der Waals surface area (Å²) >= 11 is 3.30. The largest absolute Gasteiger partial charge is 0.504 e. The summed E-state index contributed by atoms with van der Waals surface area (Å²) < 4.78 is 1.80. The molecule has 0 unspecified atom stereocenters. The number of aromatic nitrogens is 2. The number of alkyl halides is 1. The number of fused-ring (bicyclic) bond motifs is 1. The van der Waals surface area contributed by atoms with E-state index in [9.17, 15) is 5.11 Å². The van der Waals surface area contributed by atoms with Crippen molar-refractivity contribution in [2.45, 2.75) is 5.33 Å². The second-order valence-electron chi connectivity index (χ2n) is 2.49. The van der Waals surface area contributed by atoms with Crippen LogP contribution < -0.4 is 0 Å². The van der Waals surface area contributed by atoms with E-state index in [2.05, 4.69) is 20.9 Å². The van der Waals surface area contributed by atoms with Gasteiger partial charge >= 0.3 is 0 Å². The molecule has 4 heteroatoms.